The van der Waals surface area contributed by atoms with Crippen molar-refractivity contribution in [3.63, 3.8) is 0 Å². The van der Waals surface area contributed by atoms with Gasteiger partial charge >= 0.3 is 6.03 Å². The third kappa shape index (κ3) is 4.49. The summed E-state index contributed by atoms with van der Waals surface area (Å²) in [6.45, 7) is 0. The van der Waals surface area contributed by atoms with Crippen LogP contribution in [-0.4, -0.2) is 37.1 Å². The number of hydrogen-bond donors (Lipinski definition) is 2. The number of benzene rings is 2. The molecule has 1 heterocycles. The fourth-order valence-electron chi connectivity index (χ4n) is 2.53. The van der Waals surface area contributed by atoms with E-state index in [1.165, 1.54) is 19.2 Å². The highest BCUT2D eigenvalue weighted by Gasteiger charge is 2.40. The Morgan fingerprint density at radius 2 is 1.79 bits per heavy atom. The zero-order chi connectivity index (χ0) is 21.0. The molecule has 0 unspecified atom stereocenters. The number of hydrazone groups is 1. The Kier molecular flexibility index (Phi) is 6.03. The van der Waals surface area contributed by atoms with E-state index >= 15 is 0 Å². The molecule has 5 amide bonds. The van der Waals surface area contributed by atoms with Crippen molar-refractivity contribution in [3.8, 4) is 5.75 Å². The first-order valence-corrected chi connectivity index (χ1v) is 9.12. The molecule has 2 aromatic rings. The van der Waals surface area contributed by atoms with Crippen LogP contribution in [-0.2, 0) is 9.59 Å². The second-order valence-corrected chi connectivity index (χ2v) is 6.79. The second kappa shape index (κ2) is 8.65. The highest BCUT2D eigenvalue weighted by molar-refractivity contribution is 9.10. The van der Waals surface area contributed by atoms with E-state index in [1.807, 2.05) is 0 Å². The topological polar surface area (TPSA) is 117 Å². The summed E-state index contributed by atoms with van der Waals surface area (Å²) in [4.78, 5) is 49.8. The van der Waals surface area contributed by atoms with Crippen LogP contribution in [0.2, 0.25) is 0 Å². The number of nitrogens with zero attached hydrogens (tertiary/aromatic N) is 2. The Bertz CT molecular complexity index is 989. The fraction of sp³-hybridized carbons (Fsp3) is 0.105. The lowest BCUT2D eigenvalue weighted by Crippen LogP contribution is -2.58. The number of methoxy groups -OCH3 is 1. The predicted octanol–water partition coefficient (Wildman–Crippen LogP) is 2.07. The molecule has 29 heavy (non-hydrogen) atoms. The van der Waals surface area contributed by atoms with Crippen molar-refractivity contribution in [2.24, 2.45) is 11.0 Å². The van der Waals surface area contributed by atoms with Gasteiger partial charge in [0.25, 0.3) is 11.8 Å². The van der Waals surface area contributed by atoms with E-state index in [-0.39, 0.29) is 5.69 Å². The number of hydrogen-bond acceptors (Lipinski definition) is 6. The van der Waals surface area contributed by atoms with Crippen LogP contribution in [0.15, 0.2) is 58.1 Å². The molecule has 3 rings (SSSR count). The average molecular weight is 459 g/mol. The maximum absolute atomic E-state index is 12.7. The van der Waals surface area contributed by atoms with Crippen molar-refractivity contribution in [2.75, 3.05) is 12.0 Å². The van der Waals surface area contributed by atoms with Gasteiger partial charge in [-0.25, -0.2) is 15.1 Å². The number of ether oxygens (including phenoxy) is 1. The van der Waals surface area contributed by atoms with E-state index < -0.39 is 29.7 Å². The standard InChI is InChI=1S/C19H15BrN4O5/c1-29-14-8-6-13(7-9-14)24-18(27)15(17(26)22-19(24)28)10-21-23-16(25)11-2-4-12(20)5-3-11/h2-10,15H,1H3,(H,23,25)(H,22,26,28)/b21-10-/t15-/m1/s1. The zero-order valence-electron chi connectivity index (χ0n) is 15.1. The number of halogens is 1. The number of carbonyl (C=O) groups is 4. The van der Waals surface area contributed by atoms with Crippen LogP contribution in [0.25, 0.3) is 0 Å². The van der Waals surface area contributed by atoms with Crippen LogP contribution in [0.4, 0.5) is 10.5 Å². The summed E-state index contributed by atoms with van der Waals surface area (Å²) >= 11 is 3.27. The first kappa shape index (κ1) is 20.2. The summed E-state index contributed by atoms with van der Waals surface area (Å²) in [5, 5.41) is 5.80. The van der Waals surface area contributed by atoms with Gasteiger partial charge in [0, 0.05) is 16.3 Å². The molecule has 0 bridgehead atoms. The van der Waals surface area contributed by atoms with Gasteiger partial charge in [0.05, 0.1) is 12.8 Å². The van der Waals surface area contributed by atoms with E-state index in [0.717, 1.165) is 15.6 Å². The third-order valence-corrected chi connectivity index (χ3v) is 4.56. The average Bonchev–Trinajstić information content (AvgIpc) is 2.71. The van der Waals surface area contributed by atoms with Crippen LogP contribution in [0.1, 0.15) is 10.4 Å². The molecule has 1 aliphatic heterocycles. The normalized spacial score (nSPS) is 16.7. The molecular formula is C19H15BrN4O5. The first-order valence-electron chi connectivity index (χ1n) is 8.32. The van der Waals surface area contributed by atoms with Crippen LogP contribution in [0, 0.1) is 5.92 Å². The minimum atomic E-state index is -1.37. The molecule has 148 valence electrons. The molecule has 1 fully saturated rings. The van der Waals surface area contributed by atoms with Crippen molar-refractivity contribution in [3.05, 3.63) is 58.6 Å². The van der Waals surface area contributed by atoms with Crippen molar-refractivity contribution in [1.29, 1.82) is 0 Å². The number of imide groups is 2. The molecule has 0 aliphatic carbocycles. The molecule has 1 saturated heterocycles. The summed E-state index contributed by atoms with van der Waals surface area (Å²) < 4.78 is 5.86. The number of nitrogens with one attached hydrogen (secondary N) is 2. The van der Waals surface area contributed by atoms with Crippen molar-refractivity contribution < 1.29 is 23.9 Å². The largest absolute Gasteiger partial charge is 0.497 e. The maximum Gasteiger partial charge on any atom is 0.335 e. The smallest absolute Gasteiger partial charge is 0.335 e. The molecule has 0 saturated carbocycles. The van der Waals surface area contributed by atoms with Gasteiger partial charge in [-0.3, -0.25) is 19.7 Å². The highest BCUT2D eigenvalue weighted by Crippen LogP contribution is 2.23. The monoisotopic (exact) mass is 458 g/mol. The summed E-state index contributed by atoms with van der Waals surface area (Å²) in [6, 6.07) is 11.8. The lowest BCUT2D eigenvalue weighted by molar-refractivity contribution is -0.131. The van der Waals surface area contributed by atoms with Crippen LogP contribution in [0.3, 0.4) is 0 Å². The van der Waals surface area contributed by atoms with E-state index in [2.05, 4.69) is 31.8 Å². The minimum absolute atomic E-state index is 0.262. The zero-order valence-corrected chi connectivity index (χ0v) is 16.7. The molecule has 0 aromatic heterocycles. The van der Waals surface area contributed by atoms with Gasteiger partial charge in [0.15, 0.2) is 5.92 Å². The Hall–Kier alpha value is -3.53. The molecule has 0 radical (unpaired) electrons. The van der Waals surface area contributed by atoms with Crippen LogP contribution in [0.5, 0.6) is 5.75 Å². The number of rotatable bonds is 5. The Morgan fingerprint density at radius 3 is 2.41 bits per heavy atom. The molecule has 10 heteroatoms. The van der Waals surface area contributed by atoms with E-state index in [0.29, 0.717) is 11.3 Å². The van der Waals surface area contributed by atoms with Gasteiger partial charge in [-0.2, -0.15) is 5.10 Å². The lowest BCUT2D eigenvalue weighted by atomic mass is 10.1. The predicted molar refractivity (Wildman–Crippen MR) is 108 cm³/mol. The molecule has 9 nitrogen and oxygen atoms in total. The Balaban J connectivity index is 1.73. The quantitative estimate of drug-likeness (QED) is 0.404. The molecule has 1 atom stereocenters. The number of carbonyl (C=O) groups excluding carboxylic acids is 4. The molecule has 1 aliphatic rings. The number of barbiturate groups is 1. The summed E-state index contributed by atoms with van der Waals surface area (Å²) in [5.74, 6) is -2.96. The minimum Gasteiger partial charge on any atom is -0.497 e. The summed E-state index contributed by atoms with van der Waals surface area (Å²) in [7, 11) is 1.49. The third-order valence-electron chi connectivity index (χ3n) is 4.03. The molecule has 0 spiro atoms. The van der Waals surface area contributed by atoms with Crippen molar-refractivity contribution >= 4 is 51.6 Å². The van der Waals surface area contributed by atoms with Crippen molar-refractivity contribution in [1.82, 2.24) is 10.7 Å². The summed E-state index contributed by atoms with van der Waals surface area (Å²) in [5.41, 5.74) is 2.86. The van der Waals surface area contributed by atoms with Gasteiger partial charge < -0.3 is 4.74 Å². The van der Waals surface area contributed by atoms with E-state index in [4.69, 9.17) is 4.74 Å². The Labute approximate surface area is 173 Å². The van der Waals surface area contributed by atoms with Gasteiger partial charge in [-0.15, -0.1) is 0 Å². The molecule has 2 aromatic carbocycles. The van der Waals surface area contributed by atoms with E-state index in [9.17, 15) is 19.2 Å². The Morgan fingerprint density at radius 1 is 1.14 bits per heavy atom. The molecule has 2 N–H and O–H groups in total. The number of anilines is 1. The van der Waals surface area contributed by atoms with Crippen LogP contribution < -0.4 is 20.4 Å². The highest BCUT2D eigenvalue weighted by atomic mass is 79.9. The second-order valence-electron chi connectivity index (χ2n) is 5.87. The first-order chi connectivity index (χ1) is 13.9. The van der Waals surface area contributed by atoms with Gasteiger partial charge in [0.1, 0.15) is 5.75 Å². The number of urea groups is 1. The van der Waals surface area contributed by atoms with Gasteiger partial charge in [-0.05, 0) is 48.5 Å². The van der Waals surface area contributed by atoms with Gasteiger partial charge in [0.2, 0.25) is 5.91 Å². The van der Waals surface area contributed by atoms with E-state index in [1.54, 1.807) is 36.4 Å². The lowest BCUT2D eigenvalue weighted by Gasteiger charge is -2.28. The van der Waals surface area contributed by atoms with Crippen LogP contribution >= 0.6 is 15.9 Å². The fourth-order valence-corrected chi connectivity index (χ4v) is 2.80. The summed E-state index contributed by atoms with van der Waals surface area (Å²) in [6.07, 6.45) is 0.984. The SMILES string of the molecule is COc1ccc(N2C(=O)NC(=O)[C@@H](/C=N\NC(=O)c3ccc(Br)cc3)C2=O)cc1. The van der Waals surface area contributed by atoms with Gasteiger partial charge in [-0.1, -0.05) is 15.9 Å². The molecular weight excluding hydrogens is 444 g/mol. The maximum atomic E-state index is 12.7. The van der Waals surface area contributed by atoms with Crippen molar-refractivity contribution in [2.45, 2.75) is 0 Å². The number of amides is 5.